The van der Waals surface area contributed by atoms with E-state index in [0.29, 0.717) is 5.13 Å². The van der Waals surface area contributed by atoms with Gasteiger partial charge < -0.3 is 10.5 Å². The molecule has 0 saturated heterocycles. The molecule has 0 spiro atoms. The van der Waals surface area contributed by atoms with Crippen LogP contribution in [-0.2, 0) is 6.42 Å². The summed E-state index contributed by atoms with van der Waals surface area (Å²) < 4.78 is 5.86. The molecule has 0 atom stereocenters. The highest BCUT2D eigenvalue weighted by Crippen LogP contribution is 2.41. The predicted molar refractivity (Wildman–Crippen MR) is 88.5 cm³/mol. The number of nitrogen functional groups attached to an aromatic ring is 1. The monoisotopic (exact) mass is 316 g/mol. The minimum Gasteiger partial charge on any atom is -0.457 e. The van der Waals surface area contributed by atoms with E-state index in [4.69, 9.17) is 10.5 Å². The smallest absolute Gasteiger partial charge is 0.180 e. The van der Waals surface area contributed by atoms with Crippen LogP contribution in [0.4, 0.5) is 5.13 Å². The fourth-order valence-corrected chi connectivity index (χ4v) is 3.38. The van der Waals surface area contributed by atoms with Crippen molar-refractivity contribution in [3.05, 3.63) is 59.0 Å². The quantitative estimate of drug-likeness (QED) is 0.592. The summed E-state index contributed by atoms with van der Waals surface area (Å²) in [6.07, 6.45) is 0.894. The van der Waals surface area contributed by atoms with Gasteiger partial charge in [0.2, 0.25) is 0 Å². The van der Waals surface area contributed by atoms with Crippen molar-refractivity contribution >= 4 is 28.9 Å². The number of ether oxygens (including phenoxy) is 1. The first kappa shape index (κ1) is 13.9. The van der Waals surface area contributed by atoms with Crippen molar-refractivity contribution in [2.24, 2.45) is 0 Å². The van der Waals surface area contributed by atoms with E-state index in [-0.39, 0.29) is 12.4 Å². The van der Waals surface area contributed by atoms with Crippen molar-refractivity contribution < 1.29 is 4.74 Å². The molecule has 0 saturated carbocycles. The zero-order chi connectivity index (χ0) is 13.5. The lowest BCUT2D eigenvalue weighted by Crippen LogP contribution is -1.88. The number of para-hydroxylation sites is 1. The van der Waals surface area contributed by atoms with Crippen molar-refractivity contribution in [1.29, 1.82) is 0 Å². The number of fused-ring (bicyclic) bond motifs is 3. The molecule has 0 unspecified atom stereocenters. The first-order chi connectivity index (χ1) is 9.79. The second kappa shape index (κ2) is 5.39. The van der Waals surface area contributed by atoms with Crippen LogP contribution in [-0.4, -0.2) is 4.98 Å². The van der Waals surface area contributed by atoms with Crippen molar-refractivity contribution in [2.75, 3.05) is 5.73 Å². The highest BCUT2D eigenvalue weighted by atomic mass is 35.5. The van der Waals surface area contributed by atoms with Gasteiger partial charge >= 0.3 is 0 Å². The third-order valence-electron chi connectivity index (χ3n) is 3.38. The van der Waals surface area contributed by atoms with Crippen LogP contribution < -0.4 is 10.5 Å². The van der Waals surface area contributed by atoms with E-state index in [0.717, 1.165) is 23.6 Å². The maximum Gasteiger partial charge on any atom is 0.180 e. The number of hydrogen-bond donors (Lipinski definition) is 1. The molecule has 0 bridgehead atoms. The van der Waals surface area contributed by atoms with Gasteiger partial charge in [0, 0.05) is 16.9 Å². The molecule has 2 N–H and O–H groups in total. The average molecular weight is 317 g/mol. The number of nitrogens with zero attached hydrogens (tertiary/aromatic N) is 1. The van der Waals surface area contributed by atoms with Gasteiger partial charge in [-0.05, 0) is 35.9 Å². The first-order valence-corrected chi connectivity index (χ1v) is 7.22. The van der Waals surface area contributed by atoms with Gasteiger partial charge in [-0.2, -0.15) is 0 Å². The van der Waals surface area contributed by atoms with E-state index >= 15 is 0 Å². The first-order valence-electron chi connectivity index (χ1n) is 6.41. The molecule has 3 nitrogen and oxygen atoms in total. The molecule has 106 valence electrons. The molecule has 21 heavy (non-hydrogen) atoms. The van der Waals surface area contributed by atoms with Gasteiger partial charge in [-0.3, -0.25) is 0 Å². The zero-order valence-corrected chi connectivity index (χ0v) is 12.7. The fraction of sp³-hybridized carbons (Fsp3) is 0.0625. The van der Waals surface area contributed by atoms with E-state index in [1.165, 1.54) is 16.0 Å². The maximum atomic E-state index is 5.86. The molecule has 0 aliphatic heterocycles. The van der Waals surface area contributed by atoms with Gasteiger partial charge in [0.05, 0.1) is 5.69 Å². The van der Waals surface area contributed by atoms with Crippen LogP contribution in [0.25, 0.3) is 11.3 Å². The Hall–Kier alpha value is -2.04. The molecule has 0 fully saturated rings. The Morgan fingerprint density at radius 1 is 1.05 bits per heavy atom. The van der Waals surface area contributed by atoms with Crippen LogP contribution in [0, 0.1) is 0 Å². The SMILES string of the molecule is Cl.Nc1nc2c(s1)Cc1cc(Oc3ccccc3)ccc1-2. The molecule has 5 heteroatoms. The van der Waals surface area contributed by atoms with Gasteiger partial charge in [0.15, 0.2) is 5.13 Å². The Bertz CT molecular complexity index is 786. The van der Waals surface area contributed by atoms with Gasteiger partial charge in [0.25, 0.3) is 0 Å². The largest absolute Gasteiger partial charge is 0.457 e. The standard InChI is InChI=1S/C16H12N2OS.ClH/c17-16-18-15-13-7-6-12(8-10(13)9-14(15)20-16)19-11-4-2-1-3-5-11;/h1-8H,9H2,(H2,17,18);1H. The Labute approximate surface area is 132 Å². The Balaban J connectivity index is 0.00000132. The molecule has 1 aliphatic carbocycles. The third-order valence-corrected chi connectivity index (χ3v) is 4.26. The maximum absolute atomic E-state index is 5.86. The van der Waals surface area contributed by atoms with Crippen LogP contribution in [0.2, 0.25) is 0 Å². The van der Waals surface area contributed by atoms with Gasteiger partial charge in [-0.25, -0.2) is 4.98 Å². The summed E-state index contributed by atoms with van der Waals surface area (Å²) in [6, 6.07) is 15.9. The minimum atomic E-state index is 0. The lowest BCUT2D eigenvalue weighted by molar-refractivity contribution is 0.482. The summed E-state index contributed by atoms with van der Waals surface area (Å²) >= 11 is 1.57. The second-order valence-electron chi connectivity index (χ2n) is 4.73. The van der Waals surface area contributed by atoms with Crippen LogP contribution in [0.1, 0.15) is 10.4 Å². The second-order valence-corrected chi connectivity index (χ2v) is 5.85. The number of nitrogens with two attached hydrogens (primary N) is 1. The minimum absolute atomic E-state index is 0. The van der Waals surface area contributed by atoms with Crippen LogP contribution in [0.15, 0.2) is 48.5 Å². The summed E-state index contributed by atoms with van der Waals surface area (Å²) in [4.78, 5) is 5.65. The summed E-state index contributed by atoms with van der Waals surface area (Å²) in [5, 5.41) is 0.644. The van der Waals surface area contributed by atoms with Crippen LogP contribution >= 0.6 is 23.7 Å². The topological polar surface area (TPSA) is 48.1 Å². The van der Waals surface area contributed by atoms with Crippen LogP contribution in [0.3, 0.4) is 0 Å². The van der Waals surface area contributed by atoms with Gasteiger partial charge in [0.1, 0.15) is 11.5 Å². The van der Waals surface area contributed by atoms with Gasteiger partial charge in [-0.1, -0.05) is 18.2 Å². The Kier molecular flexibility index (Phi) is 3.57. The van der Waals surface area contributed by atoms with Crippen molar-refractivity contribution in [3.63, 3.8) is 0 Å². The van der Waals surface area contributed by atoms with Crippen molar-refractivity contribution in [2.45, 2.75) is 6.42 Å². The van der Waals surface area contributed by atoms with E-state index in [1.807, 2.05) is 36.4 Å². The molecule has 0 amide bonds. The number of hydrogen-bond acceptors (Lipinski definition) is 4. The number of aromatic nitrogens is 1. The number of thiazole rings is 1. The molecule has 3 aromatic rings. The number of benzene rings is 2. The summed E-state index contributed by atoms with van der Waals surface area (Å²) in [5.41, 5.74) is 9.23. The summed E-state index contributed by atoms with van der Waals surface area (Å²) in [6.45, 7) is 0. The predicted octanol–water partition coefficient (Wildman–Crippen LogP) is 4.51. The average Bonchev–Trinajstić information content (AvgIpc) is 2.95. The lowest BCUT2D eigenvalue weighted by Gasteiger charge is -2.07. The van der Waals surface area contributed by atoms with Crippen LogP contribution in [0.5, 0.6) is 11.5 Å². The molecule has 0 radical (unpaired) electrons. The van der Waals surface area contributed by atoms with E-state index < -0.39 is 0 Å². The summed E-state index contributed by atoms with van der Waals surface area (Å²) in [5.74, 6) is 1.71. The third kappa shape index (κ3) is 2.48. The van der Waals surface area contributed by atoms with E-state index in [9.17, 15) is 0 Å². The molecule has 1 aromatic heterocycles. The molecular formula is C16H13ClN2OS. The molecule has 4 rings (SSSR count). The highest BCUT2D eigenvalue weighted by Gasteiger charge is 2.23. The Morgan fingerprint density at radius 3 is 2.67 bits per heavy atom. The Morgan fingerprint density at radius 2 is 1.86 bits per heavy atom. The number of halogens is 1. The zero-order valence-electron chi connectivity index (χ0n) is 11.1. The normalized spacial score (nSPS) is 11.4. The highest BCUT2D eigenvalue weighted by molar-refractivity contribution is 7.15. The van der Waals surface area contributed by atoms with Gasteiger partial charge in [-0.15, -0.1) is 23.7 Å². The molecule has 1 heterocycles. The molecular weight excluding hydrogens is 304 g/mol. The van der Waals surface area contributed by atoms with E-state index in [2.05, 4.69) is 17.1 Å². The number of rotatable bonds is 2. The lowest BCUT2D eigenvalue weighted by atomic mass is 10.1. The van der Waals surface area contributed by atoms with E-state index in [1.54, 1.807) is 11.3 Å². The fourth-order valence-electron chi connectivity index (χ4n) is 2.51. The van der Waals surface area contributed by atoms with Crippen molar-refractivity contribution in [3.8, 4) is 22.8 Å². The summed E-state index contributed by atoms with van der Waals surface area (Å²) in [7, 11) is 0. The molecule has 1 aliphatic rings. The van der Waals surface area contributed by atoms with Crippen molar-refractivity contribution in [1.82, 2.24) is 4.98 Å². The number of anilines is 1. The molecule has 2 aromatic carbocycles.